The van der Waals surface area contributed by atoms with Gasteiger partial charge in [0.1, 0.15) is 23.8 Å². The molecule has 3 N–H and O–H groups in total. The van der Waals surface area contributed by atoms with Gasteiger partial charge in [0, 0.05) is 73.0 Å². The first kappa shape index (κ1) is 32.1. The first-order chi connectivity index (χ1) is 28.6. The van der Waals surface area contributed by atoms with Crippen LogP contribution in [0.25, 0.3) is 39.2 Å². The van der Waals surface area contributed by atoms with E-state index in [1.807, 2.05) is 80.1 Å². The molecule has 0 bridgehead atoms. The van der Waals surface area contributed by atoms with Gasteiger partial charge < -0.3 is 30.0 Å². The van der Waals surface area contributed by atoms with E-state index in [1.165, 1.54) is 6.33 Å². The zero-order chi connectivity index (χ0) is 38.5. The lowest BCUT2D eigenvalue weighted by Crippen LogP contribution is -2.20. The number of rotatable bonds is 8. The number of hydrogen-bond donors (Lipinski definition) is 3. The van der Waals surface area contributed by atoms with E-state index in [2.05, 4.69) is 82.4 Å². The Morgan fingerprint density at radius 3 is 2.17 bits per heavy atom. The molecule has 1 unspecified atom stereocenters. The number of fused-ring (bicyclic) bond motifs is 2. The van der Waals surface area contributed by atoms with Gasteiger partial charge in [0.05, 0.1) is 77.1 Å². The Balaban J connectivity index is 1.04. The van der Waals surface area contributed by atoms with E-state index in [1.54, 1.807) is 25.0 Å². The fourth-order valence-electron chi connectivity index (χ4n) is 8.31. The molecule has 1 atom stereocenters. The van der Waals surface area contributed by atoms with Crippen LogP contribution in [-0.4, -0.2) is 75.9 Å². The van der Waals surface area contributed by atoms with Crippen molar-refractivity contribution >= 4 is 79.9 Å². The van der Waals surface area contributed by atoms with E-state index in [9.17, 15) is 0 Å². The second-order valence-corrected chi connectivity index (χ2v) is 14.4. The summed E-state index contributed by atoms with van der Waals surface area (Å²) in [7, 11) is 3.92. The zero-order valence-corrected chi connectivity index (χ0v) is 31.1. The van der Waals surface area contributed by atoms with E-state index in [0.29, 0.717) is 24.6 Å². The third-order valence-corrected chi connectivity index (χ3v) is 11.0. The number of hydrogen-bond acceptors (Lipinski definition) is 13. The summed E-state index contributed by atoms with van der Waals surface area (Å²) >= 11 is 0. The Kier molecular flexibility index (Phi) is 6.74. The van der Waals surface area contributed by atoms with Crippen molar-refractivity contribution in [3.8, 4) is 11.4 Å². The summed E-state index contributed by atoms with van der Waals surface area (Å²) in [5.41, 5.74) is 9.12. The monoisotopic (exact) mass is 764 g/mol. The van der Waals surface area contributed by atoms with Gasteiger partial charge in [0.2, 0.25) is 11.6 Å². The van der Waals surface area contributed by atoms with Crippen molar-refractivity contribution in [2.24, 2.45) is 19.1 Å². The third kappa shape index (κ3) is 4.80. The van der Waals surface area contributed by atoms with E-state index in [4.69, 9.17) is 19.9 Å². The molecule has 7 aromatic heterocycles. The molecule has 0 saturated heterocycles. The van der Waals surface area contributed by atoms with Crippen LogP contribution in [-0.2, 0) is 14.1 Å². The second kappa shape index (κ2) is 12.2. The molecule has 12 rings (SSSR count). The summed E-state index contributed by atoms with van der Waals surface area (Å²) in [5.74, 6) is 3.29. The minimum atomic E-state index is -0.166. The molecule has 10 aromatic rings. The number of benzene rings is 2. The largest absolute Gasteiger partial charge is 0.366 e. The van der Waals surface area contributed by atoms with Gasteiger partial charge in [0.25, 0.3) is 0 Å². The molecule has 0 aliphatic carbocycles. The number of imidazole rings is 2. The number of aryl methyl sites for hydroxylation is 2. The average Bonchev–Trinajstić information content (AvgIpc) is 4.10. The standard InChI is InChI=1S/C40H32N18/c1-53-20-41-17-32(53)49-29-14-23(56-11-3-8-47-56)13-28-34(29)25(7-10-43-28)35-26-5-6-27-36(26)58-39(51-35)44-19-45-40(58)52-38(27)55-22-46-30-15-24(57-12-4-9-48-57)16-31(37(30)55)50-33-18-42-21-54(33)2/h3-6,8-21,25,46,49-50H,7,22H2,1-2H3. The summed E-state index contributed by atoms with van der Waals surface area (Å²) in [5, 5.41) is 21.9. The van der Waals surface area contributed by atoms with Crippen molar-refractivity contribution in [1.29, 1.82) is 0 Å². The van der Waals surface area contributed by atoms with Crippen LogP contribution < -0.4 is 20.9 Å². The van der Waals surface area contributed by atoms with Crippen molar-refractivity contribution < 1.29 is 0 Å². The number of nitrogens with zero attached hydrogens (tertiary/aromatic N) is 15. The molecule has 0 saturated carbocycles. The molecule has 18 heteroatoms. The van der Waals surface area contributed by atoms with Gasteiger partial charge >= 0.3 is 0 Å². The van der Waals surface area contributed by atoms with Crippen LogP contribution in [0.1, 0.15) is 23.6 Å². The van der Waals surface area contributed by atoms with Gasteiger partial charge in [-0.3, -0.25) is 4.99 Å². The Morgan fingerprint density at radius 1 is 0.776 bits per heavy atom. The Morgan fingerprint density at radius 2 is 1.47 bits per heavy atom. The number of anilines is 7. The van der Waals surface area contributed by atoms with Crippen molar-refractivity contribution in [3.63, 3.8) is 0 Å². The normalized spacial score (nSPS) is 14.8. The molecular formula is C40H32N18. The van der Waals surface area contributed by atoms with Gasteiger partial charge in [-0.25, -0.2) is 38.7 Å². The Labute approximate surface area is 328 Å². The molecule has 18 nitrogen and oxygen atoms in total. The van der Waals surface area contributed by atoms with E-state index in [0.717, 1.165) is 84.8 Å². The summed E-state index contributed by atoms with van der Waals surface area (Å²) in [4.78, 5) is 35.7. The highest BCUT2D eigenvalue weighted by molar-refractivity contribution is 6.09. The van der Waals surface area contributed by atoms with E-state index < -0.39 is 0 Å². The van der Waals surface area contributed by atoms with Crippen LogP contribution in [0.2, 0.25) is 0 Å². The molecule has 3 aromatic carbocycles. The van der Waals surface area contributed by atoms with Crippen molar-refractivity contribution in [2.45, 2.75) is 12.3 Å². The van der Waals surface area contributed by atoms with Gasteiger partial charge in [-0.2, -0.15) is 15.2 Å². The molecule has 58 heavy (non-hydrogen) atoms. The molecule has 2 aliphatic heterocycles. The Bertz CT molecular complexity index is 3200. The lowest BCUT2D eigenvalue weighted by Gasteiger charge is -2.27. The van der Waals surface area contributed by atoms with Gasteiger partial charge in [-0.05, 0) is 48.9 Å². The van der Waals surface area contributed by atoms with Crippen LogP contribution in [0.4, 0.5) is 45.9 Å². The van der Waals surface area contributed by atoms with Crippen molar-refractivity contribution in [3.05, 3.63) is 116 Å². The maximum Gasteiger partial charge on any atom is 0.240 e. The van der Waals surface area contributed by atoms with E-state index in [-0.39, 0.29) is 5.92 Å². The van der Waals surface area contributed by atoms with Crippen LogP contribution in [0.15, 0.2) is 110 Å². The van der Waals surface area contributed by atoms with Gasteiger partial charge in [-0.15, -0.1) is 0 Å². The highest BCUT2D eigenvalue weighted by Crippen LogP contribution is 2.49. The summed E-state index contributed by atoms with van der Waals surface area (Å²) in [6, 6.07) is 16.5. The summed E-state index contributed by atoms with van der Waals surface area (Å²) < 4.78 is 9.55. The number of aliphatic imine (C=N–C) groups is 1. The zero-order valence-electron chi connectivity index (χ0n) is 31.1. The molecule has 0 radical (unpaired) electrons. The molecule has 0 spiro atoms. The lowest BCUT2D eigenvalue weighted by atomic mass is 9.86. The molecule has 0 fully saturated rings. The molecule has 282 valence electrons. The quantitative estimate of drug-likeness (QED) is 0.156. The maximum atomic E-state index is 5.28. The van der Waals surface area contributed by atoms with Crippen LogP contribution in [0, 0.1) is 0 Å². The predicted molar refractivity (Wildman–Crippen MR) is 220 cm³/mol. The minimum Gasteiger partial charge on any atom is -0.366 e. The smallest absolute Gasteiger partial charge is 0.240 e. The molecule has 2 aliphatic rings. The highest BCUT2D eigenvalue weighted by atomic mass is 15.4. The lowest BCUT2D eigenvalue weighted by molar-refractivity contribution is 0.815. The number of nitrogens with one attached hydrogen (secondary N) is 3. The Hall–Kier alpha value is -8.15. The van der Waals surface area contributed by atoms with Gasteiger partial charge in [0.15, 0.2) is 0 Å². The maximum absolute atomic E-state index is 5.28. The third-order valence-electron chi connectivity index (χ3n) is 11.0. The van der Waals surface area contributed by atoms with Gasteiger partial charge in [-0.1, -0.05) is 6.07 Å². The first-order valence-electron chi connectivity index (χ1n) is 18.7. The van der Waals surface area contributed by atoms with Crippen molar-refractivity contribution in [2.75, 3.05) is 27.5 Å². The topological polar surface area (TPSA) is 179 Å². The summed E-state index contributed by atoms with van der Waals surface area (Å²) in [6.45, 7) is 0.476. The molecular weight excluding hydrogens is 733 g/mol. The molecule has 9 heterocycles. The average molecular weight is 765 g/mol. The number of aromatic nitrogens is 13. The fraction of sp³-hybridized carbons (Fsp3) is 0.125. The van der Waals surface area contributed by atoms with Crippen LogP contribution >= 0.6 is 0 Å². The molecule has 0 amide bonds. The SMILES string of the molecule is Cn1cncc1Nc1cc(-n2cccn2)cc2c1C(c1nc3ncnc4nc(N5CNc6cc(-n7cccn7)cc(Nc7cncn7C)c65)c5ccc1c5n34)CC=N2. The van der Waals surface area contributed by atoms with Crippen LogP contribution in [0.5, 0.6) is 0 Å². The first-order valence-corrected chi connectivity index (χ1v) is 18.7. The predicted octanol–water partition coefficient (Wildman–Crippen LogP) is 6.35. The second-order valence-electron chi connectivity index (χ2n) is 14.4. The summed E-state index contributed by atoms with van der Waals surface area (Å²) in [6.07, 6.45) is 18.7. The fourth-order valence-corrected chi connectivity index (χ4v) is 8.31. The van der Waals surface area contributed by atoms with Crippen LogP contribution in [0.3, 0.4) is 0 Å². The van der Waals surface area contributed by atoms with Crippen molar-refractivity contribution in [1.82, 2.24) is 63.0 Å². The highest BCUT2D eigenvalue weighted by Gasteiger charge is 2.33. The van der Waals surface area contributed by atoms with E-state index >= 15 is 0 Å². The minimum absolute atomic E-state index is 0.166.